The number of hydrogen-bond donors (Lipinski definition) is 3. The standard InChI is InChI=1S/C14H11N5O4/c20-12(8-4-2-1-3-5-8)18-11(14(22)23)19-7-17-9-10(19)15-6-16-13(9)21/h1-7,11H,(H,18,20)(H,22,23)(H,15,16,21). The summed E-state index contributed by atoms with van der Waals surface area (Å²) in [6.07, 6.45) is 0.847. The molecule has 1 unspecified atom stereocenters. The highest BCUT2D eigenvalue weighted by atomic mass is 16.4. The van der Waals surface area contributed by atoms with Crippen molar-refractivity contribution in [1.29, 1.82) is 0 Å². The Morgan fingerprint density at radius 1 is 1.22 bits per heavy atom. The Morgan fingerprint density at radius 2 is 1.96 bits per heavy atom. The number of benzene rings is 1. The first-order chi connectivity index (χ1) is 11.1. The molecule has 0 saturated heterocycles. The van der Waals surface area contributed by atoms with Crippen LogP contribution in [0.15, 0.2) is 47.8 Å². The van der Waals surface area contributed by atoms with Crippen LogP contribution < -0.4 is 10.9 Å². The topological polar surface area (TPSA) is 130 Å². The molecule has 9 heteroatoms. The lowest BCUT2D eigenvalue weighted by molar-refractivity contribution is -0.141. The zero-order chi connectivity index (χ0) is 16.4. The van der Waals surface area contributed by atoms with Gasteiger partial charge >= 0.3 is 5.97 Å². The molecule has 1 atom stereocenters. The van der Waals surface area contributed by atoms with Crippen LogP contribution in [-0.2, 0) is 4.79 Å². The Kier molecular flexibility index (Phi) is 3.59. The molecule has 3 N–H and O–H groups in total. The van der Waals surface area contributed by atoms with Gasteiger partial charge in [-0.3, -0.25) is 14.2 Å². The number of amides is 1. The van der Waals surface area contributed by atoms with Crippen molar-refractivity contribution in [2.75, 3.05) is 0 Å². The minimum atomic E-state index is -1.44. The summed E-state index contributed by atoms with van der Waals surface area (Å²) in [7, 11) is 0. The summed E-state index contributed by atoms with van der Waals surface area (Å²) in [6.45, 7) is 0. The number of carboxylic acid groups (broad SMARTS) is 1. The Balaban J connectivity index is 1.99. The van der Waals surface area contributed by atoms with E-state index in [9.17, 15) is 19.5 Å². The van der Waals surface area contributed by atoms with Gasteiger partial charge in [-0.15, -0.1) is 0 Å². The minimum absolute atomic E-state index is 0.00675. The first-order valence-corrected chi connectivity index (χ1v) is 6.57. The maximum absolute atomic E-state index is 12.2. The van der Waals surface area contributed by atoms with E-state index in [0.29, 0.717) is 5.56 Å². The number of carboxylic acids is 1. The van der Waals surface area contributed by atoms with Crippen LogP contribution >= 0.6 is 0 Å². The van der Waals surface area contributed by atoms with Crippen molar-refractivity contribution in [3.8, 4) is 0 Å². The van der Waals surface area contributed by atoms with E-state index in [-0.39, 0.29) is 11.2 Å². The van der Waals surface area contributed by atoms with Gasteiger partial charge in [0.2, 0.25) is 6.17 Å². The van der Waals surface area contributed by atoms with E-state index in [4.69, 9.17) is 0 Å². The molecule has 3 rings (SSSR count). The number of aromatic amines is 1. The van der Waals surface area contributed by atoms with E-state index in [2.05, 4.69) is 20.3 Å². The van der Waals surface area contributed by atoms with Crippen LogP contribution in [-0.4, -0.2) is 36.5 Å². The second-order valence-electron chi connectivity index (χ2n) is 4.64. The molecule has 0 saturated carbocycles. The molecule has 23 heavy (non-hydrogen) atoms. The van der Waals surface area contributed by atoms with Gasteiger partial charge in [0.15, 0.2) is 11.2 Å². The Labute approximate surface area is 128 Å². The summed E-state index contributed by atoms with van der Waals surface area (Å²) in [5.41, 5.74) is -0.122. The van der Waals surface area contributed by atoms with E-state index in [0.717, 1.165) is 17.2 Å². The highest BCUT2D eigenvalue weighted by Gasteiger charge is 2.25. The van der Waals surface area contributed by atoms with Crippen LogP contribution in [0.2, 0.25) is 0 Å². The molecular weight excluding hydrogens is 302 g/mol. The lowest BCUT2D eigenvalue weighted by Crippen LogP contribution is -2.37. The highest BCUT2D eigenvalue weighted by Crippen LogP contribution is 2.12. The minimum Gasteiger partial charge on any atom is -0.478 e. The molecule has 0 aliphatic rings. The third-order valence-electron chi connectivity index (χ3n) is 3.18. The van der Waals surface area contributed by atoms with Crippen LogP contribution in [0, 0.1) is 0 Å². The van der Waals surface area contributed by atoms with Crippen molar-refractivity contribution in [2.24, 2.45) is 0 Å². The lowest BCUT2D eigenvalue weighted by Gasteiger charge is -2.16. The molecule has 0 radical (unpaired) electrons. The molecule has 9 nitrogen and oxygen atoms in total. The molecule has 1 aromatic carbocycles. The molecule has 0 fully saturated rings. The van der Waals surface area contributed by atoms with Crippen LogP contribution in [0.25, 0.3) is 11.2 Å². The molecule has 116 valence electrons. The van der Waals surface area contributed by atoms with E-state index in [1.807, 2.05) is 0 Å². The molecule has 2 aromatic heterocycles. The number of H-pyrrole nitrogens is 1. The van der Waals surface area contributed by atoms with Crippen LogP contribution in [0.3, 0.4) is 0 Å². The van der Waals surface area contributed by atoms with Crippen molar-refractivity contribution in [1.82, 2.24) is 24.8 Å². The van der Waals surface area contributed by atoms with Crippen molar-refractivity contribution in [2.45, 2.75) is 6.17 Å². The largest absolute Gasteiger partial charge is 0.478 e. The summed E-state index contributed by atoms with van der Waals surface area (Å²) in [6, 6.07) is 8.19. The highest BCUT2D eigenvalue weighted by molar-refractivity contribution is 5.96. The number of aromatic nitrogens is 4. The number of rotatable bonds is 4. The number of hydrogen-bond acceptors (Lipinski definition) is 5. The Bertz CT molecular complexity index is 931. The summed E-state index contributed by atoms with van der Waals surface area (Å²) in [5.74, 6) is -1.87. The third kappa shape index (κ3) is 2.67. The molecule has 0 spiro atoms. The molecule has 2 heterocycles. The quantitative estimate of drug-likeness (QED) is 0.628. The van der Waals surface area contributed by atoms with Gasteiger partial charge in [0.25, 0.3) is 11.5 Å². The van der Waals surface area contributed by atoms with Crippen molar-refractivity contribution in [3.05, 3.63) is 58.9 Å². The van der Waals surface area contributed by atoms with Gasteiger partial charge < -0.3 is 15.4 Å². The van der Waals surface area contributed by atoms with Crippen LogP contribution in [0.4, 0.5) is 0 Å². The van der Waals surface area contributed by atoms with Crippen LogP contribution in [0.5, 0.6) is 0 Å². The third-order valence-corrected chi connectivity index (χ3v) is 3.18. The fourth-order valence-electron chi connectivity index (χ4n) is 2.10. The number of aliphatic carboxylic acids is 1. The SMILES string of the molecule is O=C(NC(C(=O)O)n1cnc2c(=O)[nH]cnc21)c1ccccc1. The first-order valence-electron chi connectivity index (χ1n) is 6.57. The van der Waals surface area contributed by atoms with Gasteiger partial charge in [-0.1, -0.05) is 18.2 Å². The van der Waals surface area contributed by atoms with Gasteiger partial charge in [0.1, 0.15) is 0 Å². The average molecular weight is 313 g/mol. The van der Waals surface area contributed by atoms with E-state index in [1.54, 1.807) is 30.3 Å². The maximum Gasteiger partial charge on any atom is 0.347 e. The number of nitrogens with one attached hydrogen (secondary N) is 2. The van der Waals surface area contributed by atoms with E-state index in [1.165, 1.54) is 0 Å². The fourth-order valence-corrected chi connectivity index (χ4v) is 2.10. The fraction of sp³-hybridized carbons (Fsp3) is 0.0714. The second kappa shape index (κ2) is 5.72. The smallest absolute Gasteiger partial charge is 0.347 e. The van der Waals surface area contributed by atoms with Gasteiger partial charge in [-0.2, -0.15) is 0 Å². The molecule has 1 amide bonds. The number of carbonyl (C=O) groups is 2. The average Bonchev–Trinajstić information content (AvgIpc) is 2.98. The molecule has 0 aliphatic carbocycles. The van der Waals surface area contributed by atoms with Gasteiger partial charge in [-0.25, -0.2) is 14.8 Å². The van der Waals surface area contributed by atoms with Gasteiger partial charge in [0.05, 0.1) is 12.7 Å². The molecule has 0 bridgehead atoms. The number of nitrogens with zero attached hydrogens (tertiary/aromatic N) is 3. The van der Waals surface area contributed by atoms with Gasteiger partial charge in [0, 0.05) is 5.56 Å². The number of fused-ring (bicyclic) bond motifs is 1. The number of imidazole rings is 1. The normalized spacial score (nSPS) is 12.0. The van der Waals surface area contributed by atoms with Crippen LogP contribution in [0.1, 0.15) is 16.5 Å². The zero-order valence-electron chi connectivity index (χ0n) is 11.6. The summed E-state index contributed by atoms with van der Waals surface area (Å²) >= 11 is 0. The summed E-state index contributed by atoms with van der Waals surface area (Å²) < 4.78 is 1.12. The Morgan fingerprint density at radius 3 is 2.65 bits per heavy atom. The summed E-state index contributed by atoms with van der Waals surface area (Å²) in [4.78, 5) is 45.4. The van der Waals surface area contributed by atoms with Gasteiger partial charge in [-0.05, 0) is 12.1 Å². The predicted octanol–water partition coefficient (Wildman–Crippen LogP) is 0.133. The monoisotopic (exact) mass is 313 g/mol. The maximum atomic E-state index is 12.2. The molecular formula is C14H11N5O4. The predicted molar refractivity (Wildman–Crippen MR) is 78.7 cm³/mol. The van der Waals surface area contributed by atoms with Crippen molar-refractivity contribution in [3.63, 3.8) is 0 Å². The number of carbonyl (C=O) groups excluding carboxylic acids is 1. The lowest BCUT2D eigenvalue weighted by atomic mass is 10.2. The molecule has 3 aromatic rings. The van der Waals surface area contributed by atoms with E-state index >= 15 is 0 Å². The zero-order valence-corrected chi connectivity index (χ0v) is 11.6. The Hall–Kier alpha value is -3.49. The first kappa shape index (κ1) is 14.4. The van der Waals surface area contributed by atoms with Crippen molar-refractivity contribution >= 4 is 23.0 Å². The summed E-state index contributed by atoms with van der Waals surface area (Å²) in [5, 5.41) is 11.8. The second-order valence-corrected chi connectivity index (χ2v) is 4.64. The van der Waals surface area contributed by atoms with Crippen molar-refractivity contribution < 1.29 is 14.7 Å². The van der Waals surface area contributed by atoms with E-state index < -0.39 is 23.6 Å². The molecule has 0 aliphatic heterocycles.